The van der Waals surface area contributed by atoms with Gasteiger partial charge in [-0.15, -0.1) is 11.3 Å². The van der Waals surface area contributed by atoms with Gasteiger partial charge in [-0.1, -0.05) is 12.1 Å². The molecule has 100 valence electrons. The molecule has 1 atom stereocenters. The Hall–Kier alpha value is -1.23. The first kappa shape index (κ1) is 12.8. The lowest BCUT2D eigenvalue weighted by molar-refractivity contribution is 0.197. The Morgan fingerprint density at radius 3 is 2.74 bits per heavy atom. The van der Waals surface area contributed by atoms with Gasteiger partial charge in [0.15, 0.2) is 0 Å². The van der Waals surface area contributed by atoms with Crippen LogP contribution in [0.5, 0.6) is 0 Å². The third-order valence-corrected chi connectivity index (χ3v) is 4.44. The van der Waals surface area contributed by atoms with E-state index in [1.165, 1.54) is 10.6 Å². The summed E-state index contributed by atoms with van der Waals surface area (Å²) in [6, 6.07) is 11.0. The predicted molar refractivity (Wildman–Crippen MR) is 79.6 cm³/mol. The van der Waals surface area contributed by atoms with Crippen molar-refractivity contribution in [3.63, 3.8) is 0 Å². The zero-order valence-corrected chi connectivity index (χ0v) is 12.0. The number of hydrogen-bond donors (Lipinski definition) is 1. The van der Waals surface area contributed by atoms with E-state index in [1.807, 2.05) is 11.3 Å². The zero-order chi connectivity index (χ0) is 13.1. The van der Waals surface area contributed by atoms with Gasteiger partial charge in [0.05, 0.1) is 11.7 Å². The summed E-state index contributed by atoms with van der Waals surface area (Å²) in [5.41, 5.74) is 2.26. The number of nitrogens with zero attached hydrogens (tertiary/aromatic N) is 2. The number of aryl methyl sites for hydroxylation is 1. The van der Waals surface area contributed by atoms with Gasteiger partial charge < -0.3 is 5.32 Å². The maximum Gasteiger partial charge on any atom is 0.0870 e. The zero-order valence-electron chi connectivity index (χ0n) is 11.2. The molecular formula is C15H19N3S. The average molecular weight is 273 g/mol. The molecule has 0 aromatic carbocycles. The number of thiophene rings is 1. The molecule has 1 aliphatic rings. The summed E-state index contributed by atoms with van der Waals surface area (Å²) in [6.07, 6.45) is 0. The van der Waals surface area contributed by atoms with E-state index in [-0.39, 0.29) is 0 Å². The number of aromatic nitrogens is 1. The topological polar surface area (TPSA) is 28.2 Å². The first-order chi connectivity index (χ1) is 9.34. The number of hydrogen-bond acceptors (Lipinski definition) is 4. The van der Waals surface area contributed by atoms with E-state index in [0.717, 1.165) is 31.9 Å². The maximum absolute atomic E-state index is 4.75. The van der Waals surface area contributed by atoms with E-state index in [4.69, 9.17) is 4.98 Å². The number of nitrogens with one attached hydrogen (secondary N) is 1. The van der Waals surface area contributed by atoms with Gasteiger partial charge in [0.1, 0.15) is 0 Å². The molecule has 0 radical (unpaired) electrons. The molecule has 3 nitrogen and oxygen atoms in total. The second-order valence-electron chi connectivity index (χ2n) is 4.91. The third kappa shape index (κ3) is 2.86. The fourth-order valence-electron chi connectivity index (χ4n) is 2.62. The molecule has 1 unspecified atom stereocenters. The molecule has 1 N–H and O–H groups in total. The minimum absolute atomic E-state index is 0.307. The van der Waals surface area contributed by atoms with Crippen molar-refractivity contribution in [1.29, 1.82) is 0 Å². The quantitative estimate of drug-likeness (QED) is 0.931. The van der Waals surface area contributed by atoms with Crippen molar-refractivity contribution in [2.75, 3.05) is 26.2 Å². The van der Waals surface area contributed by atoms with Crippen LogP contribution in [0.25, 0.3) is 0 Å². The van der Waals surface area contributed by atoms with Crippen molar-refractivity contribution >= 4 is 11.3 Å². The molecule has 3 heterocycles. The van der Waals surface area contributed by atoms with Crippen LogP contribution in [-0.2, 0) is 0 Å². The summed E-state index contributed by atoms with van der Waals surface area (Å²) in [7, 11) is 0. The lowest BCUT2D eigenvalue weighted by atomic mass is 10.1. The van der Waals surface area contributed by atoms with Gasteiger partial charge in [-0.05, 0) is 30.5 Å². The highest BCUT2D eigenvalue weighted by atomic mass is 32.1. The van der Waals surface area contributed by atoms with E-state index in [9.17, 15) is 0 Å². The van der Waals surface area contributed by atoms with Gasteiger partial charge in [0.2, 0.25) is 0 Å². The summed E-state index contributed by atoms with van der Waals surface area (Å²) in [4.78, 5) is 8.67. The highest BCUT2D eigenvalue weighted by molar-refractivity contribution is 7.10. The molecule has 19 heavy (non-hydrogen) atoms. The van der Waals surface area contributed by atoms with Gasteiger partial charge in [-0.3, -0.25) is 9.88 Å². The molecule has 3 rings (SSSR count). The Morgan fingerprint density at radius 1 is 1.21 bits per heavy atom. The van der Waals surface area contributed by atoms with Crippen LogP contribution in [0.1, 0.15) is 22.3 Å². The van der Waals surface area contributed by atoms with Crippen LogP contribution in [0.15, 0.2) is 35.7 Å². The highest BCUT2D eigenvalue weighted by Crippen LogP contribution is 2.30. The van der Waals surface area contributed by atoms with Crippen molar-refractivity contribution in [3.05, 3.63) is 52.0 Å². The fraction of sp³-hybridized carbons (Fsp3) is 0.400. The van der Waals surface area contributed by atoms with Crippen LogP contribution in [-0.4, -0.2) is 36.1 Å². The Kier molecular flexibility index (Phi) is 3.92. The lowest BCUT2D eigenvalue weighted by Crippen LogP contribution is -2.45. The molecule has 0 bridgehead atoms. The molecule has 2 aromatic rings. The number of rotatable bonds is 3. The average Bonchev–Trinajstić information content (AvgIpc) is 2.94. The Bertz CT molecular complexity index is 518. The highest BCUT2D eigenvalue weighted by Gasteiger charge is 2.25. The Morgan fingerprint density at radius 2 is 2.05 bits per heavy atom. The van der Waals surface area contributed by atoms with Gasteiger partial charge in [0, 0.05) is 36.8 Å². The van der Waals surface area contributed by atoms with Crippen LogP contribution in [0.2, 0.25) is 0 Å². The van der Waals surface area contributed by atoms with Gasteiger partial charge in [-0.2, -0.15) is 0 Å². The molecule has 0 spiro atoms. The van der Waals surface area contributed by atoms with E-state index in [1.54, 1.807) is 0 Å². The normalized spacial score (nSPS) is 18.4. The smallest absolute Gasteiger partial charge is 0.0870 e. The number of pyridine rings is 1. The van der Waals surface area contributed by atoms with E-state index >= 15 is 0 Å². The van der Waals surface area contributed by atoms with Gasteiger partial charge in [-0.25, -0.2) is 0 Å². The van der Waals surface area contributed by atoms with Crippen LogP contribution in [0, 0.1) is 6.92 Å². The summed E-state index contributed by atoms with van der Waals surface area (Å²) in [5.74, 6) is 0. The summed E-state index contributed by atoms with van der Waals surface area (Å²) in [6.45, 7) is 6.35. The van der Waals surface area contributed by atoms with E-state index in [0.29, 0.717) is 6.04 Å². The van der Waals surface area contributed by atoms with Crippen LogP contribution in [0.4, 0.5) is 0 Å². The van der Waals surface area contributed by atoms with Crippen molar-refractivity contribution in [3.8, 4) is 0 Å². The fourth-order valence-corrected chi connectivity index (χ4v) is 3.49. The molecule has 0 aliphatic carbocycles. The van der Waals surface area contributed by atoms with Gasteiger partial charge >= 0.3 is 0 Å². The van der Waals surface area contributed by atoms with Crippen molar-refractivity contribution in [1.82, 2.24) is 15.2 Å². The van der Waals surface area contributed by atoms with Crippen LogP contribution >= 0.6 is 11.3 Å². The van der Waals surface area contributed by atoms with Crippen LogP contribution in [0.3, 0.4) is 0 Å². The van der Waals surface area contributed by atoms with Gasteiger partial charge in [0.25, 0.3) is 0 Å². The molecule has 4 heteroatoms. The Balaban J connectivity index is 1.96. The van der Waals surface area contributed by atoms with Crippen molar-refractivity contribution < 1.29 is 0 Å². The van der Waals surface area contributed by atoms with E-state index < -0.39 is 0 Å². The standard InChI is InChI=1S/C15H19N3S/c1-12-4-2-5-13(17-12)15(14-6-3-11-19-14)18-9-7-16-8-10-18/h2-6,11,15-16H,7-10H2,1H3. The molecule has 2 aromatic heterocycles. The molecular weight excluding hydrogens is 254 g/mol. The molecule has 1 saturated heterocycles. The minimum Gasteiger partial charge on any atom is -0.314 e. The number of piperazine rings is 1. The van der Waals surface area contributed by atoms with E-state index in [2.05, 4.69) is 52.9 Å². The lowest BCUT2D eigenvalue weighted by Gasteiger charge is -2.34. The SMILES string of the molecule is Cc1cccc(C(c2cccs2)N2CCNCC2)n1. The largest absolute Gasteiger partial charge is 0.314 e. The molecule has 1 fully saturated rings. The van der Waals surface area contributed by atoms with Crippen molar-refractivity contribution in [2.24, 2.45) is 0 Å². The molecule has 1 aliphatic heterocycles. The monoisotopic (exact) mass is 273 g/mol. The first-order valence-electron chi connectivity index (χ1n) is 6.76. The second kappa shape index (κ2) is 5.82. The third-order valence-electron chi connectivity index (χ3n) is 3.52. The summed E-state index contributed by atoms with van der Waals surface area (Å²) >= 11 is 1.82. The predicted octanol–water partition coefficient (Wildman–Crippen LogP) is 2.45. The van der Waals surface area contributed by atoms with Crippen molar-refractivity contribution in [2.45, 2.75) is 13.0 Å². The molecule has 0 saturated carbocycles. The molecule has 0 amide bonds. The first-order valence-corrected chi connectivity index (χ1v) is 7.64. The minimum atomic E-state index is 0.307. The Labute approximate surface area is 118 Å². The maximum atomic E-state index is 4.75. The summed E-state index contributed by atoms with van der Waals surface area (Å²) < 4.78 is 0. The summed E-state index contributed by atoms with van der Waals surface area (Å²) in [5, 5.41) is 5.57. The van der Waals surface area contributed by atoms with Crippen LogP contribution < -0.4 is 5.32 Å². The second-order valence-corrected chi connectivity index (χ2v) is 5.89.